The molecule has 2 saturated heterocycles. The standard InChI is InChI=1S/C20H33BN2O6S2/c1-14-13-22(17(24)27-18(2,3)4)11-12-23(14)31(25,26)16-10-9-15(30-16)21-28-19(5,6)20(7,8)29-21/h9-10,14H,11-13H2,1-8H3. The SMILES string of the molecule is CC1CN(C(=O)OC(C)(C)C)CCN1S(=O)(=O)c1ccc(B2OC(C)(C)C(C)(C)O2)s1. The highest BCUT2D eigenvalue weighted by Crippen LogP contribution is 2.37. The summed E-state index contributed by atoms with van der Waals surface area (Å²) in [6, 6.07) is 2.99. The smallest absolute Gasteiger partial charge is 0.444 e. The maximum atomic E-state index is 13.3. The van der Waals surface area contributed by atoms with Crippen molar-refractivity contribution in [2.75, 3.05) is 19.6 Å². The van der Waals surface area contributed by atoms with Crippen molar-refractivity contribution in [3.63, 3.8) is 0 Å². The third kappa shape index (κ3) is 4.95. The van der Waals surface area contributed by atoms with Crippen molar-refractivity contribution in [1.29, 1.82) is 0 Å². The van der Waals surface area contributed by atoms with Crippen LogP contribution in [0.2, 0.25) is 0 Å². The second-order valence-electron chi connectivity index (χ2n) is 10.1. The number of carbonyl (C=O) groups is 1. The Balaban J connectivity index is 1.72. The molecule has 0 bridgehead atoms. The van der Waals surface area contributed by atoms with Gasteiger partial charge in [0.1, 0.15) is 9.81 Å². The molecule has 0 spiro atoms. The zero-order chi connectivity index (χ0) is 23.4. The lowest BCUT2D eigenvalue weighted by molar-refractivity contribution is 0.00578. The van der Waals surface area contributed by atoms with E-state index in [1.54, 1.807) is 24.0 Å². The average Bonchev–Trinajstić information content (AvgIpc) is 3.16. The van der Waals surface area contributed by atoms with Crippen molar-refractivity contribution in [3.05, 3.63) is 12.1 Å². The van der Waals surface area contributed by atoms with Gasteiger partial charge < -0.3 is 18.9 Å². The molecule has 1 aromatic rings. The summed E-state index contributed by atoms with van der Waals surface area (Å²) in [6.45, 7) is 15.9. The highest BCUT2D eigenvalue weighted by atomic mass is 32.2. The molecular formula is C20H33BN2O6S2. The van der Waals surface area contributed by atoms with Crippen LogP contribution in [0.3, 0.4) is 0 Å². The van der Waals surface area contributed by atoms with Crippen LogP contribution < -0.4 is 4.78 Å². The van der Waals surface area contributed by atoms with Gasteiger partial charge in [-0.15, -0.1) is 11.3 Å². The number of thiophene rings is 1. The van der Waals surface area contributed by atoms with Gasteiger partial charge in [0.25, 0.3) is 10.0 Å². The van der Waals surface area contributed by atoms with Crippen molar-refractivity contribution < 1.29 is 27.3 Å². The first-order valence-corrected chi connectivity index (χ1v) is 12.7. The summed E-state index contributed by atoms with van der Waals surface area (Å²) in [6.07, 6.45) is -0.421. The second kappa shape index (κ2) is 8.02. The van der Waals surface area contributed by atoms with Crippen molar-refractivity contribution >= 4 is 39.3 Å². The monoisotopic (exact) mass is 472 g/mol. The number of ether oxygens (including phenoxy) is 1. The number of hydrogen-bond acceptors (Lipinski definition) is 7. The summed E-state index contributed by atoms with van der Waals surface area (Å²) in [7, 11) is -4.30. The molecule has 0 aromatic carbocycles. The normalized spacial score (nSPS) is 24.5. The Labute approximate surface area is 190 Å². The van der Waals surface area contributed by atoms with Crippen LogP contribution in [0.1, 0.15) is 55.4 Å². The molecule has 174 valence electrons. The van der Waals surface area contributed by atoms with Crippen molar-refractivity contribution in [1.82, 2.24) is 9.21 Å². The molecule has 11 heteroatoms. The summed E-state index contributed by atoms with van der Waals surface area (Å²) in [5.74, 6) is 0. The molecule has 2 aliphatic heterocycles. The molecule has 1 atom stereocenters. The Bertz CT molecular complexity index is 922. The molecule has 0 aliphatic carbocycles. The van der Waals surface area contributed by atoms with Crippen molar-refractivity contribution in [2.45, 2.75) is 82.4 Å². The van der Waals surface area contributed by atoms with Gasteiger partial charge in [-0.3, -0.25) is 0 Å². The van der Waals surface area contributed by atoms with Crippen molar-refractivity contribution in [3.8, 4) is 0 Å². The van der Waals surface area contributed by atoms with Gasteiger partial charge in [0, 0.05) is 30.5 Å². The minimum absolute atomic E-state index is 0.215. The Kier molecular flexibility index (Phi) is 6.34. The molecule has 3 heterocycles. The van der Waals surface area contributed by atoms with Gasteiger partial charge in [0.15, 0.2) is 0 Å². The molecule has 3 rings (SSSR count). The van der Waals surface area contributed by atoms with Crippen LogP contribution in [0.5, 0.6) is 0 Å². The molecule has 1 aromatic heterocycles. The van der Waals surface area contributed by atoms with Gasteiger partial charge in [-0.25, -0.2) is 13.2 Å². The van der Waals surface area contributed by atoms with Crippen LogP contribution in [0.4, 0.5) is 4.79 Å². The molecule has 2 aliphatic rings. The van der Waals surface area contributed by atoms with E-state index in [4.69, 9.17) is 14.0 Å². The molecule has 8 nitrogen and oxygen atoms in total. The number of hydrogen-bond donors (Lipinski definition) is 0. The number of rotatable bonds is 3. The van der Waals surface area contributed by atoms with Gasteiger partial charge >= 0.3 is 13.2 Å². The minimum atomic E-state index is -3.70. The van der Waals surface area contributed by atoms with E-state index in [0.29, 0.717) is 0 Å². The van der Waals surface area contributed by atoms with E-state index in [2.05, 4.69) is 0 Å². The fraction of sp³-hybridized carbons (Fsp3) is 0.750. The van der Waals surface area contributed by atoms with Gasteiger partial charge in [-0.05, 0) is 61.5 Å². The number of nitrogens with zero attached hydrogens (tertiary/aromatic N) is 2. The van der Waals surface area contributed by atoms with E-state index in [-0.39, 0.29) is 29.9 Å². The first kappa shape index (κ1) is 24.5. The van der Waals surface area contributed by atoms with E-state index in [1.165, 1.54) is 4.31 Å². The summed E-state index contributed by atoms with van der Waals surface area (Å²) in [5, 5.41) is 0. The van der Waals surface area contributed by atoms with E-state index in [9.17, 15) is 13.2 Å². The third-order valence-corrected chi connectivity index (χ3v) is 9.46. The first-order chi connectivity index (χ1) is 14.0. The maximum Gasteiger partial charge on any atom is 0.505 e. The van der Waals surface area contributed by atoms with E-state index >= 15 is 0 Å². The summed E-state index contributed by atoms with van der Waals surface area (Å²) in [5.41, 5.74) is -1.58. The summed E-state index contributed by atoms with van der Waals surface area (Å²) in [4.78, 5) is 13.9. The predicted molar refractivity (Wildman–Crippen MR) is 121 cm³/mol. The molecular weight excluding hydrogens is 439 g/mol. The third-order valence-electron chi connectivity index (χ3n) is 5.87. The van der Waals surface area contributed by atoms with E-state index in [0.717, 1.165) is 16.1 Å². The van der Waals surface area contributed by atoms with Gasteiger partial charge in [0.05, 0.1) is 11.2 Å². The quantitative estimate of drug-likeness (QED) is 0.629. The fourth-order valence-electron chi connectivity index (χ4n) is 3.46. The Morgan fingerprint density at radius 2 is 1.74 bits per heavy atom. The molecule has 0 N–H and O–H groups in total. The minimum Gasteiger partial charge on any atom is -0.444 e. The van der Waals surface area contributed by atoms with Gasteiger partial charge in [-0.1, -0.05) is 6.07 Å². The highest BCUT2D eigenvalue weighted by Gasteiger charge is 2.52. The lowest BCUT2D eigenvalue weighted by atomic mass is 9.88. The number of piperazine rings is 1. The van der Waals surface area contributed by atoms with Gasteiger partial charge in [-0.2, -0.15) is 4.31 Å². The van der Waals surface area contributed by atoms with Gasteiger partial charge in [0.2, 0.25) is 0 Å². The van der Waals surface area contributed by atoms with E-state index in [1.807, 2.05) is 48.5 Å². The van der Waals surface area contributed by atoms with Crippen LogP contribution in [0, 0.1) is 0 Å². The Morgan fingerprint density at radius 1 is 1.16 bits per heavy atom. The summed E-state index contributed by atoms with van der Waals surface area (Å²) < 4.78 is 46.5. The molecule has 31 heavy (non-hydrogen) atoms. The van der Waals surface area contributed by atoms with Crippen LogP contribution >= 0.6 is 11.3 Å². The highest BCUT2D eigenvalue weighted by molar-refractivity contribution is 7.91. The zero-order valence-corrected chi connectivity index (χ0v) is 21.2. The first-order valence-electron chi connectivity index (χ1n) is 10.5. The van der Waals surface area contributed by atoms with E-state index < -0.39 is 40.0 Å². The molecule has 1 unspecified atom stereocenters. The maximum absolute atomic E-state index is 13.3. The van der Waals surface area contributed by atoms with Crippen LogP contribution in [-0.4, -0.2) is 73.3 Å². The Morgan fingerprint density at radius 3 is 2.26 bits per heavy atom. The van der Waals surface area contributed by atoms with Crippen molar-refractivity contribution in [2.24, 2.45) is 0 Å². The zero-order valence-electron chi connectivity index (χ0n) is 19.6. The van der Waals surface area contributed by atoms with Crippen LogP contribution in [-0.2, 0) is 24.1 Å². The second-order valence-corrected chi connectivity index (χ2v) is 13.4. The number of sulfonamides is 1. The lowest BCUT2D eigenvalue weighted by Crippen LogP contribution is -2.55. The molecule has 0 saturated carbocycles. The fourth-order valence-corrected chi connectivity index (χ4v) is 6.49. The number of carbonyl (C=O) groups excluding carboxylic acids is 1. The topological polar surface area (TPSA) is 85.4 Å². The molecule has 2 fully saturated rings. The number of amides is 1. The summed E-state index contributed by atoms with van der Waals surface area (Å²) >= 11 is 1.16. The molecule has 1 amide bonds. The predicted octanol–water partition coefficient (Wildman–Crippen LogP) is 2.68. The molecule has 0 radical (unpaired) electrons. The average molecular weight is 472 g/mol. The van der Waals surface area contributed by atoms with Crippen LogP contribution in [0.25, 0.3) is 0 Å². The largest absolute Gasteiger partial charge is 0.505 e. The van der Waals surface area contributed by atoms with Crippen LogP contribution in [0.15, 0.2) is 16.3 Å². The lowest BCUT2D eigenvalue weighted by Gasteiger charge is -2.39. The Hall–Kier alpha value is -1.14.